The molecule has 0 aliphatic heterocycles. The Morgan fingerprint density at radius 2 is 2.24 bits per heavy atom. The van der Waals surface area contributed by atoms with E-state index in [1.54, 1.807) is 12.1 Å². The quantitative estimate of drug-likeness (QED) is 0.665. The number of benzene rings is 1. The maximum atomic E-state index is 13.7. The van der Waals surface area contributed by atoms with E-state index in [0.717, 1.165) is 0 Å². The average molecular weight is 345 g/mol. The van der Waals surface area contributed by atoms with Gasteiger partial charge in [-0.2, -0.15) is 0 Å². The van der Waals surface area contributed by atoms with Gasteiger partial charge >= 0.3 is 0 Å². The summed E-state index contributed by atoms with van der Waals surface area (Å²) >= 11 is 1.89. The first-order valence-electron chi connectivity index (χ1n) is 4.82. The third kappa shape index (κ3) is 2.46. The molecular weight excluding hydrogens is 336 g/mol. The normalized spacial score (nSPS) is 10.5. The van der Waals surface area contributed by atoms with Gasteiger partial charge in [-0.25, -0.2) is 9.37 Å². The molecule has 4 nitrogen and oxygen atoms in total. The lowest BCUT2D eigenvalue weighted by atomic mass is 10.2. The summed E-state index contributed by atoms with van der Waals surface area (Å²) in [5.41, 5.74) is 5.72. The summed E-state index contributed by atoms with van der Waals surface area (Å²) < 4.78 is 15.5. The molecule has 0 spiro atoms. The number of halogens is 2. The highest BCUT2D eigenvalue weighted by atomic mass is 127. The van der Waals surface area contributed by atoms with E-state index >= 15 is 0 Å². The molecule has 0 bridgehead atoms. The first-order valence-corrected chi connectivity index (χ1v) is 5.90. The van der Waals surface area contributed by atoms with Crippen LogP contribution in [-0.2, 0) is 6.54 Å². The van der Waals surface area contributed by atoms with Gasteiger partial charge < -0.3 is 5.73 Å². The Balaban J connectivity index is 2.42. The lowest BCUT2D eigenvalue weighted by Crippen LogP contribution is -2.23. The molecule has 0 saturated carbocycles. The van der Waals surface area contributed by atoms with Crippen LogP contribution in [0.2, 0.25) is 0 Å². The Labute approximate surface area is 110 Å². The summed E-state index contributed by atoms with van der Waals surface area (Å²) in [5.74, 6) is -0.488. The molecule has 0 unspecified atom stereocenters. The molecule has 0 saturated heterocycles. The molecule has 0 atom stereocenters. The number of nitrogens with zero attached hydrogens (tertiary/aromatic N) is 2. The minimum absolute atomic E-state index is 0.0779. The van der Waals surface area contributed by atoms with E-state index < -0.39 is 5.82 Å². The fourth-order valence-corrected chi connectivity index (χ4v) is 1.91. The van der Waals surface area contributed by atoms with Crippen LogP contribution in [0.4, 0.5) is 10.1 Å². The van der Waals surface area contributed by atoms with Gasteiger partial charge in [-0.3, -0.25) is 9.36 Å². The lowest BCUT2D eigenvalue weighted by molar-refractivity contribution is 0.598. The van der Waals surface area contributed by atoms with Crippen LogP contribution >= 0.6 is 22.6 Å². The second-order valence-electron chi connectivity index (χ2n) is 3.49. The molecule has 0 amide bonds. The molecule has 2 aromatic rings. The second-order valence-corrected chi connectivity index (χ2v) is 4.66. The van der Waals surface area contributed by atoms with Crippen molar-refractivity contribution in [1.29, 1.82) is 0 Å². The van der Waals surface area contributed by atoms with Crippen molar-refractivity contribution >= 4 is 28.3 Å². The van der Waals surface area contributed by atoms with Crippen LogP contribution < -0.4 is 11.3 Å². The minimum Gasteiger partial charge on any atom is -0.396 e. The maximum Gasteiger partial charge on any atom is 0.267 e. The van der Waals surface area contributed by atoms with E-state index in [9.17, 15) is 9.18 Å². The Morgan fingerprint density at radius 1 is 1.47 bits per heavy atom. The zero-order valence-electron chi connectivity index (χ0n) is 8.73. The highest BCUT2D eigenvalue weighted by Crippen LogP contribution is 2.15. The summed E-state index contributed by atoms with van der Waals surface area (Å²) in [5, 5.41) is 0. The second kappa shape index (κ2) is 4.82. The Morgan fingerprint density at radius 3 is 3.00 bits per heavy atom. The Kier molecular flexibility index (Phi) is 3.41. The fourth-order valence-electron chi connectivity index (χ4n) is 1.44. The predicted octanol–water partition coefficient (Wildman–Crippen LogP) is 1.62. The summed E-state index contributed by atoms with van der Waals surface area (Å²) in [6.07, 6.45) is 2.85. The van der Waals surface area contributed by atoms with E-state index in [1.807, 2.05) is 22.6 Å². The molecule has 1 aromatic carbocycles. The fraction of sp³-hybridized carbons (Fsp3) is 0.0909. The third-order valence-electron chi connectivity index (χ3n) is 2.31. The molecule has 1 heterocycles. The first-order chi connectivity index (χ1) is 8.09. The van der Waals surface area contributed by atoms with Crippen molar-refractivity contribution in [2.45, 2.75) is 6.54 Å². The van der Waals surface area contributed by atoms with Gasteiger partial charge in [0.1, 0.15) is 0 Å². The van der Waals surface area contributed by atoms with Crippen molar-refractivity contribution in [2.24, 2.45) is 0 Å². The zero-order valence-corrected chi connectivity index (χ0v) is 10.9. The zero-order chi connectivity index (χ0) is 12.4. The van der Waals surface area contributed by atoms with Crippen LogP contribution in [0.1, 0.15) is 5.56 Å². The van der Waals surface area contributed by atoms with Crippen molar-refractivity contribution in [1.82, 2.24) is 9.55 Å². The van der Waals surface area contributed by atoms with Crippen molar-refractivity contribution < 1.29 is 4.39 Å². The highest BCUT2D eigenvalue weighted by molar-refractivity contribution is 14.1. The van der Waals surface area contributed by atoms with Crippen LogP contribution in [0.3, 0.4) is 0 Å². The van der Waals surface area contributed by atoms with Crippen molar-refractivity contribution in [3.63, 3.8) is 0 Å². The van der Waals surface area contributed by atoms with Gasteiger partial charge in [0.2, 0.25) is 0 Å². The number of nitrogen functional groups attached to an aromatic ring is 1. The molecule has 0 aliphatic carbocycles. The van der Waals surface area contributed by atoms with Gasteiger partial charge in [0.15, 0.2) is 5.82 Å². The minimum atomic E-state index is -0.488. The molecule has 6 heteroatoms. The SMILES string of the molecule is Nc1cccc(Cn2cncc(I)c2=O)c1F. The molecule has 0 fully saturated rings. The number of aromatic nitrogens is 2. The van der Waals surface area contributed by atoms with E-state index in [2.05, 4.69) is 4.98 Å². The Hall–Kier alpha value is -1.44. The van der Waals surface area contributed by atoms with Gasteiger partial charge in [-0.05, 0) is 28.7 Å². The van der Waals surface area contributed by atoms with E-state index in [4.69, 9.17) is 5.73 Å². The molecule has 0 radical (unpaired) electrons. The number of hydrogen-bond donors (Lipinski definition) is 1. The Bertz CT molecular complexity index is 612. The number of hydrogen-bond acceptors (Lipinski definition) is 3. The van der Waals surface area contributed by atoms with Gasteiger partial charge in [-0.1, -0.05) is 12.1 Å². The van der Waals surface area contributed by atoms with Gasteiger partial charge in [0, 0.05) is 11.8 Å². The van der Waals surface area contributed by atoms with Gasteiger partial charge in [-0.15, -0.1) is 0 Å². The highest BCUT2D eigenvalue weighted by Gasteiger charge is 2.08. The van der Waals surface area contributed by atoms with Crippen LogP contribution in [0.25, 0.3) is 0 Å². The lowest BCUT2D eigenvalue weighted by Gasteiger charge is -2.07. The van der Waals surface area contributed by atoms with Crippen molar-refractivity contribution in [3.05, 3.63) is 56.0 Å². The number of anilines is 1. The van der Waals surface area contributed by atoms with Crippen LogP contribution in [-0.4, -0.2) is 9.55 Å². The molecule has 1 aromatic heterocycles. The van der Waals surface area contributed by atoms with Crippen molar-refractivity contribution in [3.8, 4) is 0 Å². The van der Waals surface area contributed by atoms with E-state index in [-0.39, 0.29) is 17.8 Å². The largest absolute Gasteiger partial charge is 0.396 e. The van der Waals surface area contributed by atoms with Crippen molar-refractivity contribution in [2.75, 3.05) is 5.73 Å². The van der Waals surface area contributed by atoms with Crippen LogP contribution in [0.5, 0.6) is 0 Å². The van der Waals surface area contributed by atoms with Gasteiger partial charge in [0.25, 0.3) is 5.56 Å². The van der Waals surface area contributed by atoms with Crippen LogP contribution in [0, 0.1) is 9.39 Å². The molecule has 2 N–H and O–H groups in total. The molecule has 2 rings (SSSR count). The number of rotatable bonds is 2. The summed E-state index contributed by atoms with van der Waals surface area (Å²) in [4.78, 5) is 15.6. The van der Waals surface area contributed by atoms with E-state index in [0.29, 0.717) is 9.13 Å². The smallest absolute Gasteiger partial charge is 0.267 e. The summed E-state index contributed by atoms with van der Waals surface area (Å²) in [6, 6.07) is 4.73. The molecule has 0 aliphatic rings. The monoisotopic (exact) mass is 345 g/mol. The summed E-state index contributed by atoms with van der Waals surface area (Å²) in [7, 11) is 0. The molecule has 17 heavy (non-hydrogen) atoms. The summed E-state index contributed by atoms with van der Waals surface area (Å²) in [6.45, 7) is 0.125. The van der Waals surface area contributed by atoms with Gasteiger partial charge in [0.05, 0.1) is 22.1 Å². The predicted molar refractivity (Wildman–Crippen MR) is 71.1 cm³/mol. The van der Waals surface area contributed by atoms with Crippen LogP contribution in [0.15, 0.2) is 35.5 Å². The topological polar surface area (TPSA) is 60.9 Å². The van der Waals surface area contributed by atoms with E-state index in [1.165, 1.54) is 23.2 Å². The number of nitrogens with two attached hydrogens (primary N) is 1. The molecule has 88 valence electrons. The first kappa shape index (κ1) is 12.0. The molecular formula is C11H9FIN3O. The average Bonchev–Trinajstić information content (AvgIpc) is 2.31. The standard InChI is InChI=1S/C11H9FIN3O/c12-10-7(2-1-3-9(10)14)5-16-6-15-4-8(13)11(16)17/h1-4,6H,5,14H2. The maximum absolute atomic E-state index is 13.7. The third-order valence-corrected chi connectivity index (χ3v) is 3.05.